The fourth-order valence-corrected chi connectivity index (χ4v) is 2.68. The number of carbonyl (C=O) groups excluding carboxylic acids is 2. The number of amides is 2. The number of carbonyl (C=O) groups is 2. The van der Waals surface area contributed by atoms with Crippen LogP contribution in [-0.2, 0) is 14.1 Å². The van der Waals surface area contributed by atoms with Crippen molar-refractivity contribution in [2.45, 2.75) is 46.2 Å². The van der Waals surface area contributed by atoms with Crippen molar-refractivity contribution >= 4 is 20.8 Å². The Kier molecular flexibility index (Phi) is 6.63. The number of hydrogen-bond donors (Lipinski definition) is 0. The maximum atomic E-state index is 11.3. The first-order valence-electron chi connectivity index (χ1n) is 6.62. The van der Waals surface area contributed by atoms with E-state index in [0.717, 1.165) is 0 Å². The second-order valence-corrected chi connectivity index (χ2v) is 6.04. The van der Waals surface area contributed by atoms with Gasteiger partial charge in [0.15, 0.2) is 0 Å². The van der Waals surface area contributed by atoms with Crippen LogP contribution in [0.3, 0.4) is 0 Å². The van der Waals surface area contributed by atoms with Crippen molar-refractivity contribution in [3.05, 3.63) is 12.2 Å². The summed E-state index contributed by atoms with van der Waals surface area (Å²) in [7, 11) is 0.321. The Bertz CT molecular complexity index is 330. The van der Waals surface area contributed by atoms with E-state index in [1.165, 1.54) is 17.1 Å². The van der Waals surface area contributed by atoms with Crippen LogP contribution in [0.25, 0.3) is 0 Å². The highest BCUT2D eigenvalue weighted by Gasteiger charge is 2.22. The van der Waals surface area contributed by atoms with Gasteiger partial charge >= 0.3 is 0 Å². The summed E-state index contributed by atoms with van der Waals surface area (Å²) in [5, 5.41) is 0. The van der Waals surface area contributed by atoms with Gasteiger partial charge in [-0.3, -0.25) is 19.2 Å². The summed E-state index contributed by atoms with van der Waals surface area (Å²) in [6.45, 7) is 9.56. The molecule has 0 radical (unpaired) electrons. The quantitative estimate of drug-likeness (QED) is 0.389. The van der Waals surface area contributed by atoms with E-state index >= 15 is 0 Å². The van der Waals surface area contributed by atoms with Gasteiger partial charge in [-0.25, -0.2) is 0 Å². The second kappa shape index (κ2) is 7.73. The zero-order valence-electron chi connectivity index (χ0n) is 12.0. The van der Waals surface area contributed by atoms with Gasteiger partial charge in [0.05, 0.1) is 15.6 Å². The van der Waals surface area contributed by atoms with Gasteiger partial charge in [-0.15, -0.1) is 0 Å². The van der Waals surface area contributed by atoms with Crippen LogP contribution in [0, 0.1) is 0 Å². The molecule has 0 fully saturated rings. The summed E-state index contributed by atoms with van der Waals surface area (Å²) in [4.78, 5) is 23.9. The van der Waals surface area contributed by atoms with Crippen molar-refractivity contribution in [2.24, 2.45) is 0 Å². The first kappa shape index (κ1) is 16.3. The van der Waals surface area contributed by atoms with Crippen molar-refractivity contribution in [3.8, 4) is 0 Å². The third-order valence-electron chi connectivity index (χ3n) is 2.81. The standard InChI is InChI=1S/C13H23N2O3P/c1-10(2)15(11(3)4)19-18-9-5-8-14-12(16)6-7-13(14)17/h6-7,10-11,19H,5,8-9H2,1-4H3. The maximum Gasteiger partial charge on any atom is 0.253 e. The molecule has 19 heavy (non-hydrogen) atoms. The monoisotopic (exact) mass is 286 g/mol. The van der Waals surface area contributed by atoms with E-state index in [1.54, 1.807) is 0 Å². The van der Waals surface area contributed by atoms with Crippen molar-refractivity contribution in [1.29, 1.82) is 0 Å². The minimum atomic E-state index is -0.224. The molecule has 1 rings (SSSR count). The van der Waals surface area contributed by atoms with E-state index in [-0.39, 0.29) is 11.8 Å². The molecule has 5 nitrogen and oxygen atoms in total. The van der Waals surface area contributed by atoms with Gasteiger partial charge in [0, 0.05) is 30.8 Å². The first-order valence-corrected chi connectivity index (χ1v) is 7.48. The molecule has 0 bridgehead atoms. The van der Waals surface area contributed by atoms with E-state index in [4.69, 9.17) is 4.52 Å². The average molecular weight is 286 g/mol. The topological polar surface area (TPSA) is 49.9 Å². The van der Waals surface area contributed by atoms with Gasteiger partial charge in [-0.2, -0.15) is 0 Å². The fourth-order valence-electron chi connectivity index (χ4n) is 1.87. The van der Waals surface area contributed by atoms with E-state index in [2.05, 4.69) is 32.4 Å². The molecule has 1 aliphatic rings. The molecule has 0 spiro atoms. The lowest BCUT2D eigenvalue weighted by atomic mass is 10.3. The summed E-state index contributed by atoms with van der Waals surface area (Å²) in [6.07, 6.45) is 3.30. The van der Waals surface area contributed by atoms with Gasteiger partial charge in [-0.1, -0.05) is 0 Å². The normalized spacial score (nSPS) is 16.3. The molecule has 1 heterocycles. The number of nitrogens with zero attached hydrogens (tertiary/aromatic N) is 2. The molecule has 0 aliphatic carbocycles. The first-order chi connectivity index (χ1) is 8.93. The number of imide groups is 1. The molecule has 0 saturated carbocycles. The highest BCUT2D eigenvalue weighted by Crippen LogP contribution is 2.25. The molecule has 1 aliphatic heterocycles. The van der Waals surface area contributed by atoms with Crippen molar-refractivity contribution in [1.82, 2.24) is 9.57 Å². The zero-order valence-corrected chi connectivity index (χ0v) is 13.0. The molecule has 2 amide bonds. The van der Waals surface area contributed by atoms with Crippen LogP contribution in [-0.4, -0.2) is 46.6 Å². The molecule has 108 valence electrons. The molecule has 0 aromatic heterocycles. The van der Waals surface area contributed by atoms with Crippen LogP contribution in [0.4, 0.5) is 0 Å². The Hall–Kier alpha value is -0.770. The maximum absolute atomic E-state index is 11.3. The van der Waals surface area contributed by atoms with Crippen LogP contribution < -0.4 is 0 Å². The lowest BCUT2D eigenvalue weighted by Crippen LogP contribution is -2.31. The second-order valence-electron chi connectivity index (χ2n) is 5.05. The summed E-state index contributed by atoms with van der Waals surface area (Å²) in [5.41, 5.74) is 0. The minimum Gasteiger partial charge on any atom is -0.346 e. The van der Waals surface area contributed by atoms with Crippen molar-refractivity contribution in [3.63, 3.8) is 0 Å². The van der Waals surface area contributed by atoms with Crippen LogP contribution in [0.15, 0.2) is 12.2 Å². The minimum absolute atomic E-state index is 0.224. The molecule has 0 saturated heterocycles. The van der Waals surface area contributed by atoms with Crippen molar-refractivity contribution in [2.75, 3.05) is 13.2 Å². The van der Waals surface area contributed by atoms with Crippen LogP contribution >= 0.6 is 8.96 Å². The lowest BCUT2D eigenvalue weighted by Gasteiger charge is -2.29. The average Bonchev–Trinajstić information content (AvgIpc) is 2.63. The van der Waals surface area contributed by atoms with Gasteiger partial charge in [-0.05, 0) is 34.1 Å². The smallest absolute Gasteiger partial charge is 0.253 e. The zero-order chi connectivity index (χ0) is 14.4. The Morgan fingerprint density at radius 3 is 2.16 bits per heavy atom. The Morgan fingerprint density at radius 2 is 1.68 bits per heavy atom. The Balaban J connectivity index is 2.18. The van der Waals surface area contributed by atoms with Crippen LogP contribution in [0.2, 0.25) is 0 Å². The van der Waals surface area contributed by atoms with E-state index in [9.17, 15) is 9.59 Å². The SMILES string of the molecule is CC(C)N(POCCCN1C(=O)C=CC1=O)C(C)C. The van der Waals surface area contributed by atoms with Gasteiger partial charge < -0.3 is 4.52 Å². The molecule has 0 aromatic rings. The highest BCUT2D eigenvalue weighted by molar-refractivity contribution is 7.29. The summed E-state index contributed by atoms with van der Waals surface area (Å²) < 4.78 is 7.90. The predicted octanol–water partition coefficient (Wildman–Crippen LogP) is 1.95. The predicted molar refractivity (Wildman–Crippen MR) is 76.9 cm³/mol. The molecule has 1 unspecified atom stereocenters. The van der Waals surface area contributed by atoms with E-state index < -0.39 is 0 Å². The number of rotatable bonds is 8. The number of hydrogen-bond acceptors (Lipinski definition) is 4. The van der Waals surface area contributed by atoms with Gasteiger partial charge in [0.25, 0.3) is 11.8 Å². The van der Waals surface area contributed by atoms with Gasteiger partial charge in [0.2, 0.25) is 0 Å². The van der Waals surface area contributed by atoms with Crippen LogP contribution in [0.1, 0.15) is 34.1 Å². The molecule has 6 heteroatoms. The lowest BCUT2D eigenvalue weighted by molar-refractivity contribution is -0.136. The fraction of sp³-hybridized carbons (Fsp3) is 0.692. The van der Waals surface area contributed by atoms with E-state index in [0.29, 0.717) is 40.6 Å². The van der Waals surface area contributed by atoms with Crippen LogP contribution in [0.5, 0.6) is 0 Å². The van der Waals surface area contributed by atoms with E-state index in [1.807, 2.05) is 0 Å². The largest absolute Gasteiger partial charge is 0.346 e. The molecular weight excluding hydrogens is 263 g/mol. The highest BCUT2D eigenvalue weighted by atomic mass is 31.1. The summed E-state index contributed by atoms with van der Waals surface area (Å²) in [6, 6.07) is 0.897. The molecular formula is C13H23N2O3P. The third kappa shape index (κ3) is 5.01. The molecule has 0 aromatic carbocycles. The Morgan fingerprint density at radius 1 is 1.16 bits per heavy atom. The summed E-state index contributed by atoms with van der Waals surface area (Å²) >= 11 is 0. The van der Waals surface area contributed by atoms with Crippen molar-refractivity contribution < 1.29 is 14.1 Å². The van der Waals surface area contributed by atoms with Gasteiger partial charge in [0.1, 0.15) is 0 Å². The third-order valence-corrected chi connectivity index (χ3v) is 4.39. The molecule has 1 atom stereocenters. The Labute approximate surface area is 116 Å². The molecule has 0 N–H and O–H groups in total. The summed E-state index contributed by atoms with van der Waals surface area (Å²) in [5.74, 6) is -0.447.